The molecule has 0 aliphatic heterocycles. The number of alkyl halides is 3. The maximum atomic E-state index is 12.1. The SMILES string of the molecule is C/C=C/Cn1ccc(C(O)C(F)(F)F)c1. The summed E-state index contributed by atoms with van der Waals surface area (Å²) in [6.07, 6.45) is -0.594. The minimum atomic E-state index is -4.60. The van der Waals surface area contributed by atoms with Crippen LogP contribution in [0.4, 0.5) is 13.2 Å². The van der Waals surface area contributed by atoms with E-state index in [1.807, 2.05) is 13.0 Å². The normalized spacial score (nSPS) is 14.7. The highest BCUT2D eigenvalue weighted by atomic mass is 19.4. The van der Waals surface area contributed by atoms with Crippen molar-refractivity contribution in [2.24, 2.45) is 0 Å². The molecule has 5 heteroatoms. The number of hydrogen-bond acceptors (Lipinski definition) is 1. The van der Waals surface area contributed by atoms with Gasteiger partial charge in [0.2, 0.25) is 0 Å². The van der Waals surface area contributed by atoms with Crippen LogP contribution in [0.15, 0.2) is 30.6 Å². The highest BCUT2D eigenvalue weighted by Gasteiger charge is 2.39. The van der Waals surface area contributed by atoms with Gasteiger partial charge in [0.1, 0.15) is 0 Å². The molecule has 1 heterocycles. The van der Waals surface area contributed by atoms with Gasteiger partial charge in [-0.2, -0.15) is 13.2 Å². The summed E-state index contributed by atoms with van der Waals surface area (Å²) in [5.41, 5.74) is -0.132. The van der Waals surface area contributed by atoms with Crippen molar-refractivity contribution in [2.75, 3.05) is 0 Å². The zero-order valence-corrected chi connectivity index (χ0v) is 8.20. The fourth-order valence-electron chi connectivity index (χ4n) is 1.15. The highest BCUT2D eigenvalue weighted by molar-refractivity contribution is 5.15. The lowest BCUT2D eigenvalue weighted by Crippen LogP contribution is -2.19. The largest absolute Gasteiger partial charge is 0.418 e. The van der Waals surface area contributed by atoms with E-state index in [-0.39, 0.29) is 5.56 Å². The molecule has 1 rings (SSSR count). The summed E-state index contributed by atoms with van der Waals surface area (Å²) in [6, 6.07) is 1.27. The Hall–Kier alpha value is -1.23. The van der Waals surface area contributed by atoms with Gasteiger partial charge in [0.15, 0.2) is 6.10 Å². The van der Waals surface area contributed by atoms with Gasteiger partial charge >= 0.3 is 6.18 Å². The van der Waals surface area contributed by atoms with E-state index in [2.05, 4.69) is 0 Å². The topological polar surface area (TPSA) is 25.2 Å². The third-order valence-corrected chi connectivity index (χ3v) is 1.95. The number of rotatable bonds is 3. The third-order valence-electron chi connectivity index (χ3n) is 1.95. The van der Waals surface area contributed by atoms with Crippen molar-refractivity contribution in [3.8, 4) is 0 Å². The lowest BCUT2D eigenvalue weighted by atomic mass is 10.2. The molecule has 0 saturated carbocycles. The van der Waals surface area contributed by atoms with E-state index in [9.17, 15) is 13.2 Å². The molecule has 0 aliphatic carbocycles. The zero-order chi connectivity index (χ0) is 11.5. The Morgan fingerprint density at radius 2 is 2.20 bits per heavy atom. The smallest absolute Gasteiger partial charge is 0.379 e. The summed E-state index contributed by atoms with van der Waals surface area (Å²) < 4.78 is 37.9. The lowest BCUT2D eigenvalue weighted by Gasteiger charge is -2.12. The van der Waals surface area contributed by atoms with Crippen LogP contribution in [0.2, 0.25) is 0 Å². The second kappa shape index (κ2) is 4.53. The molecule has 1 aromatic heterocycles. The van der Waals surface area contributed by atoms with E-state index in [0.29, 0.717) is 6.54 Å². The molecule has 1 N–H and O–H groups in total. The lowest BCUT2D eigenvalue weighted by molar-refractivity contribution is -0.206. The molecule has 0 bridgehead atoms. The van der Waals surface area contributed by atoms with E-state index in [1.165, 1.54) is 18.5 Å². The van der Waals surface area contributed by atoms with Crippen LogP contribution in [0.1, 0.15) is 18.6 Å². The van der Waals surface area contributed by atoms with Crippen LogP contribution < -0.4 is 0 Å². The van der Waals surface area contributed by atoms with Gasteiger partial charge in [0.25, 0.3) is 0 Å². The average Bonchev–Trinajstić information content (AvgIpc) is 2.60. The molecule has 84 valence electrons. The van der Waals surface area contributed by atoms with Crippen molar-refractivity contribution < 1.29 is 18.3 Å². The molecule has 0 aliphatic rings. The van der Waals surface area contributed by atoms with Gasteiger partial charge in [0.05, 0.1) is 0 Å². The van der Waals surface area contributed by atoms with Gasteiger partial charge in [-0.1, -0.05) is 12.2 Å². The molecule has 0 aromatic carbocycles. The number of halogens is 3. The van der Waals surface area contributed by atoms with Crippen LogP contribution in [0.25, 0.3) is 0 Å². The second-order valence-electron chi connectivity index (χ2n) is 3.15. The maximum absolute atomic E-state index is 12.1. The number of hydrogen-bond donors (Lipinski definition) is 1. The predicted octanol–water partition coefficient (Wildman–Crippen LogP) is 2.66. The average molecular weight is 219 g/mol. The van der Waals surface area contributed by atoms with E-state index >= 15 is 0 Å². The fraction of sp³-hybridized carbons (Fsp3) is 0.400. The van der Waals surface area contributed by atoms with Crippen LogP contribution in [0.3, 0.4) is 0 Å². The second-order valence-corrected chi connectivity index (χ2v) is 3.15. The Labute approximate surface area is 85.6 Å². The maximum Gasteiger partial charge on any atom is 0.418 e. The zero-order valence-electron chi connectivity index (χ0n) is 8.20. The molecular formula is C10H12F3NO. The van der Waals surface area contributed by atoms with Crippen molar-refractivity contribution in [3.63, 3.8) is 0 Å². The van der Waals surface area contributed by atoms with Gasteiger partial charge in [-0.05, 0) is 13.0 Å². The predicted molar refractivity (Wildman–Crippen MR) is 50.3 cm³/mol. The van der Waals surface area contributed by atoms with Gasteiger partial charge in [-0.3, -0.25) is 0 Å². The first-order valence-corrected chi connectivity index (χ1v) is 4.46. The molecule has 0 radical (unpaired) electrons. The van der Waals surface area contributed by atoms with E-state index in [0.717, 1.165) is 0 Å². The van der Waals surface area contributed by atoms with Gasteiger partial charge in [0, 0.05) is 24.5 Å². The number of aromatic nitrogens is 1. The van der Waals surface area contributed by atoms with Crippen molar-refractivity contribution in [3.05, 3.63) is 36.2 Å². The highest BCUT2D eigenvalue weighted by Crippen LogP contribution is 2.32. The Morgan fingerprint density at radius 3 is 2.73 bits per heavy atom. The van der Waals surface area contributed by atoms with E-state index in [1.54, 1.807) is 10.6 Å². The third kappa shape index (κ3) is 3.13. The van der Waals surface area contributed by atoms with Crippen LogP contribution >= 0.6 is 0 Å². The minimum Gasteiger partial charge on any atom is -0.379 e. The van der Waals surface area contributed by atoms with Crippen LogP contribution in [-0.4, -0.2) is 15.8 Å². The number of nitrogens with zero attached hydrogens (tertiary/aromatic N) is 1. The molecule has 0 saturated heterocycles. The Morgan fingerprint density at radius 1 is 1.53 bits per heavy atom. The molecule has 1 unspecified atom stereocenters. The number of aliphatic hydroxyl groups is 1. The summed E-state index contributed by atoms with van der Waals surface area (Å²) in [5.74, 6) is 0. The van der Waals surface area contributed by atoms with Crippen molar-refractivity contribution >= 4 is 0 Å². The number of allylic oxidation sites excluding steroid dienone is 2. The number of aliphatic hydroxyl groups excluding tert-OH is 1. The summed E-state index contributed by atoms with van der Waals surface area (Å²) >= 11 is 0. The summed E-state index contributed by atoms with van der Waals surface area (Å²) in [5, 5.41) is 8.94. The molecule has 2 nitrogen and oxygen atoms in total. The van der Waals surface area contributed by atoms with Gasteiger partial charge in [-0.15, -0.1) is 0 Å². The molecule has 1 atom stereocenters. The van der Waals surface area contributed by atoms with Crippen molar-refractivity contribution in [2.45, 2.75) is 25.7 Å². The van der Waals surface area contributed by atoms with Gasteiger partial charge < -0.3 is 9.67 Å². The summed E-state index contributed by atoms with van der Waals surface area (Å²) in [6.45, 7) is 2.33. The molecular weight excluding hydrogens is 207 g/mol. The summed E-state index contributed by atoms with van der Waals surface area (Å²) in [7, 11) is 0. The Bertz CT molecular complexity index is 341. The first kappa shape index (κ1) is 11.8. The molecule has 15 heavy (non-hydrogen) atoms. The molecule has 0 amide bonds. The Balaban J connectivity index is 2.75. The van der Waals surface area contributed by atoms with Crippen LogP contribution in [-0.2, 0) is 6.54 Å². The van der Waals surface area contributed by atoms with Crippen LogP contribution in [0.5, 0.6) is 0 Å². The van der Waals surface area contributed by atoms with E-state index in [4.69, 9.17) is 5.11 Å². The molecule has 1 aromatic rings. The first-order valence-electron chi connectivity index (χ1n) is 4.46. The van der Waals surface area contributed by atoms with Crippen molar-refractivity contribution in [1.29, 1.82) is 0 Å². The van der Waals surface area contributed by atoms with Crippen LogP contribution in [0, 0.1) is 0 Å². The monoisotopic (exact) mass is 219 g/mol. The fourth-order valence-corrected chi connectivity index (χ4v) is 1.15. The van der Waals surface area contributed by atoms with E-state index < -0.39 is 12.3 Å². The summed E-state index contributed by atoms with van der Waals surface area (Å²) in [4.78, 5) is 0. The standard InChI is InChI=1S/C10H12F3NO/c1-2-3-5-14-6-4-8(7-14)9(15)10(11,12)13/h2-4,6-7,9,15H,5H2,1H3/b3-2+. The first-order chi connectivity index (χ1) is 6.95. The van der Waals surface area contributed by atoms with Gasteiger partial charge in [-0.25, -0.2) is 0 Å². The van der Waals surface area contributed by atoms with Crippen molar-refractivity contribution in [1.82, 2.24) is 4.57 Å². The Kier molecular flexibility index (Phi) is 3.57. The molecule has 0 spiro atoms. The minimum absolute atomic E-state index is 0.132. The molecule has 0 fully saturated rings. The quantitative estimate of drug-likeness (QED) is 0.777.